The fourth-order valence-electron chi connectivity index (χ4n) is 2.49. The largest absolute Gasteiger partial charge is 0.398 e. The maximum Gasteiger partial charge on any atom is 0.270 e. The van der Waals surface area contributed by atoms with E-state index in [4.69, 9.17) is 5.73 Å². The standard InChI is InChI=1S/C16H17N5O/c1-10-8-19-15(11-4-3-5-12(17)14(10)11)16(22)20-9-13-18-6-7-21(13)2/h3-8H,9,17H2,1-2H3,(H,20,22). The molecule has 22 heavy (non-hydrogen) atoms. The van der Waals surface area contributed by atoms with E-state index >= 15 is 0 Å². The Morgan fingerprint density at radius 1 is 1.36 bits per heavy atom. The molecule has 6 heteroatoms. The van der Waals surface area contributed by atoms with Crippen molar-refractivity contribution in [3.05, 3.63) is 53.9 Å². The number of benzene rings is 1. The monoisotopic (exact) mass is 295 g/mol. The Kier molecular flexibility index (Phi) is 3.50. The van der Waals surface area contributed by atoms with E-state index in [-0.39, 0.29) is 5.91 Å². The molecule has 112 valence electrons. The van der Waals surface area contributed by atoms with Crippen molar-refractivity contribution in [1.82, 2.24) is 19.9 Å². The second-order valence-corrected chi connectivity index (χ2v) is 5.20. The molecule has 0 saturated carbocycles. The predicted octanol–water partition coefficient (Wildman–Crippen LogP) is 1.79. The zero-order valence-electron chi connectivity index (χ0n) is 12.5. The van der Waals surface area contributed by atoms with Crippen molar-refractivity contribution in [3.8, 4) is 0 Å². The molecule has 0 aliphatic rings. The number of hydrogen-bond acceptors (Lipinski definition) is 4. The van der Waals surface area contributed by atoms with Crippen molar-refractivity contribution in [3.63, 3.8) is 0 Å². The van der Waals surface area contributed by atoms with E-state index in [0.717, 1.165) is 22.2 Å². The van der Waals surface area contributed by atoms with Gasteiger partial charge in [0, 0.05) is 42.1 Å². The fourth-order valence-corrected chi connectivity index (χ4v) is 2.49. The lowest BCUT2D eigenvalue weighted by Gasteiger charge is -2.10. The van der Waals surface area contributed by atoms with Crippen molar-refractivity contribution in [2.24, 2.45) is 7.05 Å². The number of carbonyl (C=O) groups excluding carboxylic acids is 1. The van der Waals surface area contributed by atoms with Crippen molar-refractivity contribution in [2.45, 2.75) is 13.5 Å². The number of pyridine rings is 1. The Bertz CT molecular complexity index is 845. The number of nitrogen functional groups attached to an aromatic ring is 1. The number of rotatable bonds is 3. The highest BCUT2D eigenvalue weighted by Gasteiger charge is 2.14. The number of fused-ring (bicyclic) bond motifs is 1. The number of aromatic nitrogens is 3. The number of nitrogens with one attached hydrogen (secondary N) is 1. The predicted molar refractivity (Wildman–Crippen MR) is 85.3 cm³/mol. The van der Waals surface area contributed by atoms with Gasteiger partial charge in [0.2, 0.25) is 0 Å². The first kappa shape index (κ1) is 14.1. The third-order valence-electron chi connectivity index (χ3n) is 3.68. The summed E-state index contributed by atoms with van der Waals surface area (Å²) in [6, 6.07) is 5.51. The Labute approximate surface area is 128 Å². The van der Waals surface area contributed by atoms with Crippen molar-refractivity contribution < 1.29 is 4.79 Å². The van der Waals surface area contributed by atoms with Gasteiger partial charge in [-0.3, -0.25) is 9.78 Å². The van der Waals surface area contributed by atoms with E-state index in [1.54, 1.807) is 12.4 Å². The molecule has 3 N–H and O–H groups in total. The summed E-state index contributed by atoms with van der Waals surface area (Å²) in [5, 5.41) is 4.48. The first-order valence-corrected chi connectivity index (χ1v) is 6.96. The molecule has 0 unspecified atom stereocenters. The first-order valence-electron chi connectivity index (χ1n) is 6.96. The number of carbonyl (C=O) groups is 1. The molecule has 0 radical (unpaired) electrons. The summed E-state index contributed by atoms with van der Waals surface area (Å²) in [6.45, 7) is 2.28. The number of imidazole rings is 1. The number of hydrogen-bond donors (Lipinski definition) is 2. The summed E-state index contributed by atoms with van der Waals surface area (Å²) in [6.07, 6.45) is 5.21. The summed E-state index contributed by atoms with van der Waals surface area (Å²) in [5.74, 6) is 0.544. The maximum atomic E-state index is 12.4. The Morgan fingerprint density at radius 3 is 2.91 bits per heavy atom. The molecule has 0 aliphatic carbocycles. The normalized spacial score (nSPS) is 10.8. The zero-order chi connectivity index (χ0) is 15.7. The van der Waals surface area contributed by atoms with Crippen molar-refractivity contribution >= 4 is 22.4 Å². The lowest BCUT2D eigenvalue weighted by Crippen LogP contribution is -2.25. The molecular formula is C16H17N5O. The van der Waals surface area contributed by atoms with Crippen LogP contribution in [0, 0.1) is 6.92 Å². The van der Waals surface area contributed by atoms with E-state index in [0.29, 0.717) is 17.9 Å². The van der Waals surface area contributed by atoms with E-state index in [9.17, 15) is 4.79 Å². The number of anilines is 1. The Balaban J connectivity index is 1.93. The van der Waals surface area contributed by atoms with Crippen LogP contribution in [0.1, 0.15) is 21.9 Å². The number of aryl methyl sites for hydroxylation is 2. The summed E-state index contributed by atoms with van der Waals surface area (Å²) < 4.78 is 1.86. The van der Waals surface area contributed by atoms with Crippen molar-refractivity contribution in [1.29, 1.82) is 0 Å². The summed E-state index contributed by atoms with van der Waals surface area (Å²) in [4.78, 5) is 20.9. The van der Waals surface area contributed by atoms with Crippen LogP contribution in [0.25, 0.3) is 10.8 Å². The third kappa shape index (κ3) is 2.39. The van der Waals surface area contributed by atoms with E-state index in [1.807, 2.05) is 42.9 Å². The van der Waals surface area contributed by atoms with Gasteiger partial charge in [0.1, 0.15) is 11.5 Å². The quantitative estimate of drug-likeness (QED) is 0.721. The van der Waals surface area contributed by atoms with Gasteiger partial charge in [0.25, 0.3) is 5.91 Å². The molecule has 6 nitrogen and oxygen atoms in total. The first-order chi connectivity index (χ1) is 10.6. The molecule has 0 spiro atoms. The van der Waals surface area contributed by atoms with Gasteiger partial charge < -0.3 is 15.6 Å². The molecule has 0 fully saturated rings. The molecule has 0 aliphatic heterocycles. The Hall–Kier alpha value is -2.89. The van der Waals surface area contributed by atoms with Crippen LogP contribution in [-0.2, 0) is 13.6 Å². The highest BCUT2D eigenvalue weighted by atomic mass is 16.1. The van der Waals surface area contributed by atoms with Crippen LogP contribution in [0.5, 0.6) is 0 Å². The SMILES string of the molecule is Cc1cnc(C(=O)NCc2nccn2C)c2cccc(N)c12. The van der Waals surface area contributed by atoms with Gasteiger partial charge in [-0.2, -0.15) is 0 Å². The highest BCUT2D eigenvalue weighted by molar-refractivity contribution is 6.08. The third-order valence-corrected chi connectivity index (χ3v) is 3.68. The summed E-state index contributed by atoms with van der Waals surface area (Å²) in [7, 11) is 1.88. The topological polar surface area (TPSA) is 85.8 Å². The number of amides is 1. The van der Waals surface area contributed by atoms with E-state index < -0.39 is 0 Å². The molecule has 2 heterocycles. The van der Waals surface area contributed by atoms with Crippen LogP contribution in [0.2, 0.25) is 0 Å². The number of nitrogens with zero attached hydrogens (tertiary/aromatic N) is 3. The lowest BCUT2D eigenvalue weighted by atomic mass is 10.0. The van der Waals surface area contributed by atoms with Gasteiger partial charge in [-0.05, 0) is 18.6 Å². The van der Waals surface area contributed by atoms with Gasteiger partial charge in [0.05, 0.1) is 6.54 Å². The summed E-state index contributed by atoms with van der Waals surface area (Å²) >= 11 is 0. The van der Waals surface area contributed by atoms with Crippen LogP contribution in [0.15, 0.2) is 36.8 Å². The minimum Gasteiger partial charge on any atom is -0.398 e. The van der Waals surface area contributed by atoms with Crippen LogP contribution >= 0.6 is 0 Å². The second kappa shape index (κ2) is 5.48. The average Bonchev–Trinajstić information content (AvgIpc) is 2.90. The molecule has 3 aromatic rings. The smallest absolute Gasteiger partial charge is 0.270 e. The second-order valence-electron chi connectivity index (χ2n) is 5.20. The molecule has 1 aromatic carbocycles. The van der Waals surface area contributed by atoms with Crippen LogP contribution in [0.3, 0.4) is 0 Å². The van der Waals surface area contributed by atoms with Gasteiger partial charge >= 0.3 is 0 Å². The van der Waals surface area contributed by atoms with E-state index in [1.165, 1.54) is 0 Å². The van der Waals surface area contributed by atoms with E-state index in [2.05, 4.69) is 15.3 Å². The van der Waals surface area contributed by atoms with Crippen LogP contribution in [-0.4, -0.2) is 20.4 Å². The van der Waals surface area contributed by atoms with Gasteiger partial charge in [-0.1, -0.05) is 12.1 Å². The molecular weight excluding hydrogens is 278 g/mol. The maximum absolute atomic E-state index is 12.4. The minimum absolute atomic E-state index is 0.237. The lowest BCUT2D eigenvalue weighted by molar-refractivity contribution is 0.0946. The molecule has 0 saturated heterocycles. The Morgan fingerprint density at radius 2 is 2.18 bits per heavy atom. The van der Waals surface area contributed by atoms with Gasteiger partial charge in [-0.25, -0.2) is 4.98 Å². The zero-order valence-corrected chi connectivity index (χ0v) is 12.5. The molecule has 1 amide bonds. The fraction of sp³-hybridized carbons (Fsp3) is 0.188. The summed E-state index contributed by atoms with van der Waals surface area (Å²) in [5.41, 5.74) is 8.00. The molecule has 2 aromatic heterocycles. The number of nitrogens with two attached hydrogens (primary N) is 1. The van der Waals surface area contributed by atoms with Crippen molar-refractivity contribution in [2.75, 3.05) is 5.73 Å². The van der Waals surface area contributed by atoms with Crippen LogP contribution in [0.4, 0.5) is 5.69 Å². The van der Waals surface area contributed by atoms with Crippen LogP contribution < -0.4 is 11.1 Å². The molecule has 3 rings (SSSR count). The minimum atomic E-state index is -0.237. The average molecular weight is 295 g/mol. The van der Waals surface area contributed by atoms with Gasteiger partial charge in [0.15, 0.2) is 0 Å². The highest BCUT2D eigenvalue weighted by Crippen LogP contribution is 2.26. The van der Waals surface area contributed by atoms with Gasteiger partial charge in [-0.15, -0.1) is 0 Å². The molecule has 0 bridgehead atoms. The molecule has 0 atom stereocenters.